The molecule has 1 saturated heterocycles. The zero-order valence-corrected chi connectivity index (χ0v) is 5.66. The molecule has 0 nitrogen and oxygen atoms in total. The van der Waals surface area contributed by atoms with Gasteiger partial charge < -0.3 is 0 Å². The minimum Gasteiger partial charge on any atom is -0.158 e. The summed E-state index contributed by atoms with van der Waals surface area (Å²) < 4.78 is 0. The van der Waals surface area contributed by atoms with Gasteiger partial charge in [0.25, 0.3) is 0 Å². The summed E-state index contributed by atoms with van der Waals surface area (Å²) in [4.78, 5) is 0. The third-order valence-electron chi connectivity index (χ3n) is 2.01. The van der Waals surface area contributed by atoms with Crippen LogP contribution in [0.1, 0.15) is 12.8 Å². The Morgan fingerprint density at radius 2 is 2.50 bits per heavy atom. The minimum atomic E-state index is 0.958. The van der Waals surface area contributed by atoms with Crippen molar-refractivity contribution >= 4 is 11.8 Å². The largest absolute Gasteiger partial charge is 0.158 e. The van der Waals surface area contributed by atoms with E-state index < -0.39 is 0 Å². The molecule has 0 spiro atoms. The molecule has 8 heavy (non-hydrogen) atoms. The van der Waals surface area contributed by atoms with Gasteiger partial charge in [0.15, 0.2) is 0 Å². The van der Waals surface area contributed by atoms with Crippen molar-refractivity contribution in [2.45, 2.75) is 18.1 Å². The van der Waals surface area contributed by atoms with Crippen molar-refractivity contribution in [1.29, 1.82) is 0 Å². The zero-order valence-electron chi connectivity index (χ0n) is 4.84. The van der Waals surface area contributed by atoms with E-state index in [2.05, 4.69) is 23.9 Å². The van der Waals surface area contributed by atoms with E-state index in [4.69, 9.17) is 0 Å². The number of fused-ring (bicyclic) bond motifs is 1. The fraction of sp³-hybridized carbons (Fsp3) is 0.714. The van der Waals surface area contributed by atoms with Crippen molar-refractivity contribution in [3.8, 4) is 0 Å². The van der Waals surface area contributed by atoms with Gasteiger partial charge in [-0.1, -0.05) is 12.2 Å². The van der Waals surface area contributed by atoms with Crippen LogP contribution in [0.25, 0.3) is 0 Å². The highest BCUT2D eigenvalue weighted by Gasteiger charge is 2.27. The summed E-state index contributed by atoms with van der Waals surface area (Å²) in [7, 11) is 0. The van der Waals surface area contributed by atoms with Crippen LogP contribution in [0.5, 0.6) is 0 Å². The Morgan fingerprint density at radius 1 is 1.50 bits per heavy atom. The summed E-state index contributed by atoms with van der Waals surface area (Å²) in [5.74, 6) is 2.36. The normalized spacial score (nSPS) is 43.0. The molecule has 44 valence electrons. The van der Waals surface area contributed by atoms with Crippen LogP contribution in [0.15, 0.2) is 12.2 Å². The van der Waals surface area contributed by atoms with Gasteiger partial charge in [-0.2, -0.15) is 11.8 Å². The van der Waals surface area contributed by atoms with E-state index in [1.54, 1.807) is 0 Å². The van der Waals surface area contributed by atoms with E-state index in [0.29, 0.717) is 0 Å². The second kappa shape index (κ2) is 1.80. The van der Waals surface area contributed by atoms with Crippen molar-refractivity contribution < 1.29 is 0 Å². The second-order valence-corrected chi connectivity index (χ2v) is 3.87. The van der Waals surface area contributed by atoms with E-state index in [1.807, 2.05) is 0 Å². The van der Waals surface area contributed by atoms with Gasteiger partial charge in [-0.05, 0) is 24.5 Å². The summed E-state index contributed by atoms with van der Waals surface area (Å²) in [5, 5.41) is 0.981. The molecule has 1 aliphatic carbocycles. The van der Waals surface area contributed by atoms with Crippen LogP contribution in [0.4, 0.5) is 0 Å². The first-order valence-corrected chi connectivity index (χ1v) is 4.30. The average Bonchev–Trinajstić information content (AvgIpc) is 2.15. The number of hydrogen-bond acceptors (Lipinski definition) is 1. The smallest absolute Gasteiger partial charge is 0.0145 e. The summed E-state index contributed by atoms with van der Waals surface area (Å²) in [5.41, 5.74) is 0. The van der Waals surface area contributed by atoms with E-state index in [9.17, 15) is 0 Å². The van der Waals surface area contributed by atoms with E-state index >= 15 is 0 Å². The molecule has 0 saturated carbocycles. The summed E-state index contributed by atoms with van der Waals surface area (Å²) in [6, 6.07) is 0. The van der Waals surface area contributed by atoms with Crippen molar-refractivity contribution in [3.05, 3.63) is 12.2 Å². The lowest BCUT2D eigenvalue weighted by atomic mass is 10.1. The zero-order chi connectivity index (χ0) is 5.40. The van der Waals surface area contributed by atoms with Crippen LogP contribution in [-0.4, -0.2) is 11.0 Å². The molecular formula is C7H10S. The Bertz CT molecular complexity index is 118. The minimum absolute atomic E-state index is 0.958. The van der Waals surface area contributed by atoms with Crippen molar-refractivity contribution in [2.24, 2.45) is 5.92 Å². The molecule has 1 fully saturated rings. The first-order chi connectivity index (χ1) is 3.97. The number of allylic oxidation sites excluding steroid dienone is 2. The molecule has 2 rings (SSSR count). The molecular weight excluding hydrogens is 116 g/mol. The fourth-order valence-corrected chi connectivity index (χ4v) is 2.95. The third kappa shape index (κ3) is 0.609. The SMILES string of the molecule is C1=CC2CCSC2C1. The average molecular weight is 126 g/mol. The first-order valence-electron chi connectivity index (χ1n) is 3.25. The molecule has 0 N–H and O–H groups in total. The molecule has 0 radical (unpaired) electrons. The highest BCUT2D eigenvalue weighted by molar-refractivity contribution is 8.00. The van der Waals surface area contributed by atoms with Crippen LogP contribution in [-0.2, 0) is 0 Å². The van der Waals surface area contributed by atoms with E-state index in [-0.39, 0.29) is 0 Å². The van der Waals surface area contributed by atoms with E-state index in [0.717, 1.165) is 11.2 Å². The number of rotatable bonds is 0. The number of thioether (sulfide) groups is 1. The predicted molar refractivity (Wildman–Crippen MR) is 38.1 cm³/mol. The van der Waals surface area contributed by atoms with Crippen LogP contribution in [0, 0.1) is 5.92 Å². The van der Waals surface area contributed by atoms with Gasteiger partial charge >= 0.3 is 0 Å². The Hall–Kier alpha value is 0.0900. The maximum absolute atomic E-state index is 2.39. The Balaban J connectivity index is 2.13. The monoisotopic (exact) mass is 126 g/mol. The highest BCUT2D eigenvalue weighted by Crippen LogP contribution is 2.39. The van der Waals surface area contributed by atoms with Crippen LogP contribution < -0.4 is 0 Å². The molecule has 1 heteroatoms. The molecule has 0 aromatic heterocycles. The van der Waals surface area contributed by atoms with Gasteiger partial charge in [0.05, 0.1) is 0 Å². The van der Waals surface area contributed by atoms with Gasteiger partial charge in [0, 0.05) is 5.25 Å². The lowest BCUT2D eigenvalue weighted by Gasteiger charge is -2.03. The lowest BCUT2D eigenvalue weighted by molar-refractivity contribution is 0.665. The van der Waals surface area contributed by atoms with E-state index in [1.165, 1.54) is 18.6 Å². The van der Waals surface area contributed by atoms with Crippen LogP contribution in [0.3, 0.4) is 0 Å². The molecule has 2 aliphatic rings. The molecule has 2 atom stereocenters. The van der Waals surface area contributed by atoms with Gasteiger partial charge in [-0.25, -0.2) is 0 Å². The van der Waals surface area contributed by atoms with Gasteiger partial charge in [0.1, 0.15) is 0 Å². The standard InChI is InChI=1S/C7H10S/c1-2-6-4-5-8-7(6)3-1/h1-2,6-7H,3-5H2. The molecule has 2 unspecified atom stereocenters. The molecule has 1 aliphatic heterocycles. The lowest BCUT2D eigenvalue weighted by Crippen LogP contribution is -2.00. The molecule has 0 aromatic rings. The maximum Gasteiger partial charge on any atom is 0.0145 e. The Labute approximate surface area is 54.4 Å². The Morgan fingerprint density at radius 3 is 3.38 bits per heavy atom. The van der Waals surface area contributed by atoms with Crippen LogP contribution >= 0.6 is 11.8 Å². The quantitative estimate of drug-likeness (QED) is 0.448. The predicted octanol–water partition coefficient (Wildman–Crippen LogP) is 2.07. The third-order valence-corrected chi connectivity index (χ3v) is 3.45. The topological polar surface area (TPSA) is 0 Å². The van der Waals surface area contributed by atoms with Gasteiger partial charge in [0.2, 0.25) is 0 Å². The summed E-state index contributed by atoms with van der Waals surface area (Å²) in [6.45, 7) is 0. The molecule has 0 bridgehead atoms. The van der Waals surface area contributed by atoms with Crippen LogP contribution in [0.2, 0.25) is 0 Å². The van der Waals surface area contributed by atoms with Crippen molar-refractivity contribution in [3.63, 3.8) is 0 Å². The first kappa shape index (κ1) is 4.92. The number of hydrogen-bond donors (Lipinski definition) is 0. The maximum atomic E-state index is 2.39. The summed E-state index contributed by atoms with van der Waals surface area (Å²) in [6.07, 6.45) is 7.51. The summed E-state index contributed by atoms with van der Waals surface area (Å²) >= 11 is 2.15. The van der Waals surface area contributed by atoms with Crippen molar-refractivity contribution in [1.82, 2.24) is 0 Å². The Kier molecular flexibility index (Phi) is 1.11. The molecule has 0 amide bonds. The van der Waals surface area contributed by atoms with Crippen molar-refractivity contribution in [2.75, 3.05) is 5.75 Å². The van der Waals surface area contributed by atoms with Gasteiger partial charge in [-0.3, -0.25) is 0 Å². The molecule has 1 heterocycles. The molecule has 0 aromatic carbocycles. The van der Waals surface area contributed by atoms with Gasteiger partial charge in [-0.15, -0.1) is 0 Å². The second-order valence-electron chi connectivity index (χ2n) is 2.53. The highest BCUT2D eigenvalue weighted by atomic mass is 32.2. The fourth-order valence-electron chi connectivity index (χ4n) is 1.52.